The van der Waals surface area contributed by atoms with Crippen molar-refractivity contribution >= 4 is 23.4 Å². The molecule has 0 amide bonds. The smallest absolute Gasteiger partial charge is 0.0471 e. The zero-order chi connectivity index (χ0) is 11.5. The fourth-order valence-corrected chi connectivity index (χ4v) is 2.49. The highest BCUT2D eigenvalue weighted by Gasteiger charge is 2.06. The molecule has 0 unspecified atom stereocenters. The average Bonchev–Trinajstić information content (AvgIpc) is 2.32. The summed E-state index contributed by atoms with van der Waals surface area (Å²) in [7, 11) is 0. The second-order valence-corrected chi connectivity index (χ2v) is 4.39. The van der Waals surface area contributed by atoms with Crippen molar-refractivity contribution in [1.82, 2.24) is 0 Å². The van der Waals surface area contributed by atoms with Crippen LogP contribution in [-0.2, 0) is 12.8 Å². The van der Waals surface area contributed by atoms with Crippen molar-refractivity contribution in [3.63, 3.8) is 0 Å². The van der Waals surface area contributed by atoms with Gasteiger partial charge in [0.05, 0.1) is 0 Å². The standard InChI is InChI=1S/C14H16OS/c1-2-10-4-3-5-12-11(8-9-15)6-7-13(16)14(10)12/h3-7,15-16H,2,8-9H2,1H3. The van der Waals surface area contributed by atoms with Gasteiger partial charge in [0.1, 0.15) is 0 Å². The van der Waals surface area contributed by atoms with Crippen LogP contribution in [0.25, 0.3) is 10.8 Å². The number of aliphatic hydroxyl groups excluding tert-OH is 1. The van der Waals surface area contributed by atoms with Gasteiger partial charge in [-0.3, -0.25) is 0 Å². The summed E-state index contributed by atoms with van der Waals surface area (Å²) in [4.78, 5) is 1.02. The van der Waals surface area contributed by atoms with Crippen LogP contribution in [0.1, 0.15) is 18.1 Å². The molecule has 84 valence electrons. The fourth-order valence-electron chi connectivity index (χ4n) is 2.16. The van der Waals surface area contributed by atoms with E-state index in [-0.39, 0.29) is 6.61 Å². The van der Waals surface area contributed by atoms with Crippen LogP contribution in [0.5, 0.6) is 0 Å². The maximum absolute atomic E-state index is 9.06. The van der Waals surface area contributed by atoms with E-state index in [2.05, 4.69) is 43.8 Å². The van der Waals surface area contributed by atoms with E-state index in [1.54, 1.807) is 0 Å². The molecular formula is C14H16OS. The van der Waals surface area contributed by atoms with E-state index in [9.17, 15) is 0 Å². The molecule has 16 heavy (non-hydrogen) atoms. The highest BCUT2D eigenvalue weighted by Crippen LogP contribution is 2.29. The van der Waals surface area contributed by atoms with Crippen LogP contribution < -0.4 is 0 Å². The number of thiol groups is 1. The van der Waals surface area contributed by atoms with Crippen LogP contribution in [-0.4, -0.2) is 11.7 Å². The first-order valence-electron chi connectivity index (χ1n) is 5.61. The van der Waals surface area contributed by atoms with E-state index in [0.29, 0.717) is 6.42 Å². The van der Waals surface area contributed by atoms with E-state index in [4.69, 9.17) is 5.11 Å². The predicted octanol–water partition coefficient (Wildman–Crippen LogP) is 3.23. The number of fused-ring (bicyclic) bond motifs is 1. The molecular weight excluding hydrogens is 216 g/mol. The molecule has 1 nitrogen and oxygen atoms in total. The zero-order valence-corrected chi connectivity index (χ0v) is 10.3. The van der Waals surface area contributed by atoms with Gasteiger partial charge < -0.3 is 5.11 Å². The first kappa shape index (κ1) is 11.5. The zero-order valence-electron chi connectivity index (χ0n) is 9.40. The number of hydrogen-bond donors (Lipinski definition) is 2. The topological polar surface area (TPSA) is 20.2 Å². The van der Waals surface area contributed by atoms with Gasteiger partial charge in [0, 0.05) is 11.5 Å². The SMILES string of the molecule is CCc1cccc2c(CCO)ccc(S)c12. The van der Waals surface area contributed by atoms with Crippen LogP contribution in [0, 0.1) is 0 Å². The van der Waals surface area contributed by atoms with Crippen LogP contribution in [0.3, 0.4) is 0 Å². The molecule has 0 bridgehead atoms. The molecule has 0 atom stereocenters. The quantitative estimate of drug-likeness (QED) is 0.779. The van der Waals surface area contributed by atoms with Crippen molar-refractivity contribution in [3.05, 3.63) is 41.5 Å². The predicted molar refractivity (Wildman–Crippen MR) is 71.4 cm³/mol. The summed E-state index contributed by atoms with van der Waals surface area (Å²) < 4.78 is 0. The number of aliphatic hydroxyl groups is 1. The summed E-state index contributed by atoms with van der Waals surface area (Å²) in [5.41, 5.74) is 2.52. The van der Waals surface area contributed by atoms with Crippen LogP contribution in [0.4, 0.5) is 0 Å². The molecule has 0 spiro atoms. The minimum absolute atomic E-state index is 0.192. The molecule has 2 aromatic rings. The normalized spacial score (nSPS) is 10.9. The number of rotatable bonds is 3. The molecule has 2 heteroatoms. The summed E-state index contributed by atoms with van der Waals surface area (Å²) in [6.07, 6.45) is 1.71. The van der Waals surface area contributed by atoms with Gasteiger partial charge in [0.2, 0.25) is 0 Å². The third-order valence-corrected chi connectivity index (χ3v) is 3.33. The van der Waals surface area contributed by atoms with E-state index >= 15 is 0 Å². The van der Waals surface area contributed by atoms with Crippen molar-refractivity contribution in [3.8, 4) is 0 Å². The molecule has 0 aliphatic heterocycles. The molecule has 0 aliphatic carbocycles. The Labute approximate surface area is 102 Å². The maximum Gasteiger partial charge on any atom is 0.0471 e. The molecule has 1 N–H and O–H groups in total. The Morgan fingerprint density at radius 2 is 1.94 bits per heavy atom. The molecule has 0 aliphatic rings. The Kier molecular flexibility index (Phi) is 3.52. The van der Waals surface area contributed by atoms with Crippen LogP contribution >= 0.6 is 12.6 Å². The molecule has 0 heterocycles. The lowest BCUT2D eigenvalue weighted by atomic mass is 9.97. The van der Waals surface area contributed by atoms with Crippen molar-refractivity contribution in [1.29, 1.82) is 0 Å². The van der Waals surface area contributed by atoms with Gasteiger partial charge in [-0.2, -0.15) is 0 Å². The first-order chi connectivity index (χ1) is 7.77. The number of benzene rings is 2. The van der Waals surface area contributed by atoms with Crippen molar-refractivity contribution < 1.29 is 5.11 Å². The van der Waals surface area contributed by atoms with E-state index < -0.39 is 0 Å². The monoisotopic (exact) mass is 232 g/mol. The molecule has 0 radical (unpaired) electrons. The molecule has 0 saturated carbocycles. The number of hydrogen-bond acceptors (Lipinski definition) is 2. The van der Waals surface area contributed by atoms with Crippen molar-refractivity contribution in [2.75, 3.05) is 6.61 Å². The summed E-state index contributed by atoms with van der Waals surface area (Å²) in [5, 5.41) is 11.5. The highest BCUT2D eigenvalue weighted by molar-refractivity contribution is 7.80. The summed E-state index contributed by atoms with van der Waals surface area (Å²) in [6, 6.07) is 10.4. The Hall–Kier alpha value is -0.990. The lowest BCUT2D eigenvalue weighted by Crippen LogP contribution is -1.94. The maximum atomic E-state index is 9.06. The Bertz CT molecular complexity index is 505. The summed E-state index contributed by atoms with van der Waals surface area (Å²) in [6.45, 7) is 2.35. The van der Waals surface area contributed by atoms with E-state index in [1.807, 2.05) is 6.07 Å². The Morgan fingerprint density at radius 1 is 1.12 bits per heavy atom. The lowest BCUT2D eigenvalue weighted by molar-refractivity contribution is 0.300. The van der Waals surface area contributed by atoms with Gasteiger partial charge >= 0.3 is 0 Å². The van der Waals surface area contributed by atoms with Gasteiger partial charge in [0.25, 0.3) is 0 Å². The van der Waals surface area contributed by atoms with E-state index in [1.165, 1.54) is 21.9 Å². The average molecular weight is 232 g/mol. The Morgan fingerprint density at radius 3 is 2.62 bits per heavy atom. The highest BCUT2D eigenvalue weighted by atomic mass is 32.1. The summed E-state index contributed by atoms with van der Waals surface area (Å²) in [5.74, 6) is 0. The van der Waals surface area contributed by atoms with Gasteiger partial charge in [-0.25, -0.2) is 0 Å². The molecule has 2 aromatic carbocycles. The summed E-state index contributed by atoms with van der Waals surface area (Å²) >= 11 is 4.53. The molecule has 0 saturated heterocycles. The minimum atomic E-state index is 0.192. The second-order valence-electron chi connectivity index (χ2n) is 3.91. The van der Waals surface area contributed by atoms with E-state index in [0.717, 1.165) is 11.3 Å². The largest absolute Gasteiger partial charge is 0.396 e. The minimum Gasteiger partial charge on any atom is -0.396 e. The second kappa shape index (κ2) is 4.89. The first-order valence-corrected chi connectivity index (χ1v) is 6.06. The molecule has 2 rings (SSSR count). The van der Waals surface area contributed by atoms with Crippen molar-refractivity contribution in [2.24, 2.45) is 0 Å². The van der Waals surface area contributed by atoms with Crippen LogP contribution in [0.15, 0.2) is 35.2 Å². The third kappa shape index (κ3) is 1.95. The number of aryl methyl sites for hydroxylation is 1. The van der Waals surface area contributed by atoms with Gasteiger partial charge in [-0.15, -0.1) is 12.6 Å². The third-order valence-electron chi connectivity index (χ3n) is 2.96. The fraction of sp³-hybridized carbons (Fsp3) is 0.286. The Balaban J connectivity index is 2.74. The van der Waals surface area contributed by atoms with Crippen LogP contribution in [0.2, 0.25) is 0 Å². The van der Waals surface area contributed by atoms with Gasteiger partial charge in [-0.05, 0) is 40.8 Å². The van der Waals surface area contributed by atoms with Gasteiger partial charge in [-0.1, -0.05) is 31.2 Å². The molecule has 0 fully saturated rings. The lowest BCUT2D eigenvalue weighted by Gasteiger charge is -2.11. The molecule has 0 aromatic heterocycles. The van der Waals surface area contributed by atoms with Crippen molar-refractivity contribution in [2.45, 2.75) is 24.7 Å². The van der Waals surface area contributed by atoms with Gasteiger partial charge in [0.15, 0.2) is 0 Å².